The van der Waals surface area contributed by atoms with Crippen molar-refractivity contribution >= 4 is 38.3 Å². The number of carbonyl (C=O) groups is 1. The Morgan fingerprint density at radius 1 is 1.06 bits per heavy atom. The minimum absolute atomic E-state index is 0.211. The minimum atomic E-state index is -4.60. The molecule has 2 aromatic carbocycles. The Labute approximate surface area is 194 Å². The Morgan fingerprint density at radius 3 is 2.62 bits per heavy atom. The molecule has 1 amide bonds. The Balaban J connectivity index is 1.50. The number of hydrogen-bond donors (Lipinski definition) is 2. The molecule has 0 saturated carbocycles. The fraction of sp³-hybridized carbons (Fsp3) is 0.136. The van der Waals surface area contributed by atoms with Gasteiger partial charge in [-0.05, 0) is 30.3 Å². The highest BCUT2D eigenvalue weighted by molar-refractivity contribution is 7.22. The summed E-state index contributed by atoms with van der Waals surface area (Å²) in [6.07, 6.45) is -7.09. The fourth-order valence-electron chi connectivity index (χ4n) is 2.85. The Morgan fingerprint density at radius 2 is 1.85 bits per heavy atom. The number of nitrogens with zero attached hydrogens (tertiary/aromatic N) is 2. The number of halogens is 4. The van der Waals surface area contributed by atoms with Crippen LogP contribution < -0.4 is 20.1 Å². The second-order valence-electron chi connectivity index (χ2n) is 6.82. The van der Waals surface area contributed by atoms with Crippen LogP contribution in [0.3, 0.4) is 0 Å². The van der Waals surface area contributed by atoms with Crippen LogP contribution in [0.4, 0.5) is 28.4 Å². The molecule has 176 valence electrons. The monoisotopic (exact) mass is 492 g/mol. The van der Waals surface area contributed by atoms with Gasteiger partial charge in [0.2, 0.25) is 0 Å². The topological polar surface area (TPSA) is 85.4 Å². The summed E-state index contributed by atoms with van der Waals surface area (Å²) in [5.74, 6) is 0.168. The van der Waals surface area contributed by atoms with Gasteiger partial charge in [-0.3, -0.25) is 9.78 Å². The molecule has 7 nitrogen and oxygen atoms in total. The maximum absolute atomic E-state index is 13.2. The molecule has 34 heavy (non-hydrogen) atoms. The molecular weight excluding hydrogens is 476 g/mol. The zero-order valence-corrected chi connectivity index (χ0v) is 18.2. The minimum Gasteiger partial charge on any atom is -0.457 e. The van der Waals surface area contributed by atoms with Gasteiger partial charge in [0, 0.05) is 37.1 Å². The van der Waals surface area contributed by atoms with Crippen molar-refractivity contribution in [1.29, 1.82) is 0 Å². The van der Waals surface area contributed by atoms with E-state index in [0.29, 0.717) is 27.8 Å². The summed E-state index contributed by atoms with van der Waals surface area (Å²) in [4.78, 5) is 20.1. The number of carbonyl (C=O) groups excluding carboxylic acids is 1. The van der Waals surface area contributed by atoms with Crippen LogP contribution in [-0.4, -0.2) is 35.5 Å². The first-order valence-corrected chi connectivity index (χ1v) is 10.5. The van der Waals surface area contributed by atoms with E-state index in [2.05, 4.69) is 25.3 Å². The average Bonchev–Trinajstić information content (AvgIpc) is 3.20. The van der Waals surface area contributed by atoms with Crippen molar-refractivity contribution in [2.45, 2.75) is 12.5 Å². The molecule has 0 radical (unpaired) electrons. The molecule has 12 heteroatoms. The average molecular weight is 492 g/mol. The molecule has 0 spiro atoms. The van der Waals surface area contributed by atoms with Crippen molar-refractivity contribution in [2.75, 3.05) is 12.4 Å². The van der Waals surface area contributed by atoms with Gasteiger partial charge in [-0.25, -0.2) is 4.98 Å². The lowest BCUT2D eigenvalue weighted by Gasteiger charge is -2.17. The van der Waals surface area contributed by atoms with Crippen molar-refractivity contribution in [3.63, 3.8) is 0 Å². The smallest absolute Gasteiger partial charge is 0.457 e. The number of aromatic nitrogens is 2. The van der Waals surface area contributed by atoms with Crippen LogP contribution in [0.5, 0.6) is 17.2 Å². The molecule has 4 rings (SSSR count). The second kappa shape index (κ2) is 9.51. The van der Waals surface area contributed by atoms with Crippen molar-refractivity contribution in [3.8, 4) is 17.2 Å². The first-order valence-electron chi connectivity index (χ1n) is 9.72. The predicted molar refractivity (Wildman–Crippen MR) is 119 cm³/mol. The number of thiazole rings is 1. The third-order valence-electron chi connectivity index (χ3n) is 4.38. The van der Waals surface area contributed by atoms with Crippen LogP contribution in [0, 0.1) is 0 Å². The number of nitrogens with one attached hydrogen (secondary N) is 2. The van der Waals surface area contributed by atoms with Crippen LogP contribution in [0.2, 0.25) is 0 Å². The summed E-state index contributed by atoms with van der Waals surface area (Å²) in [5, 5.41) is 5.88. The van der Waals surface area contributed by atoms with Gasteiger partial charge >= 0.3 is 12.5 Å². The third kappa shape index (κ3) is 5.34. The van der Waals surface area contributed by atoms with E-state index in [9.17, 15) is 22.4 Å². The maximum Gasteiger partial charge on any atom is 0.461 e. The third-order valence-corrected chi connectivity index (χ3v) is 5.31. The Hall–Kier alpha value is -3.93. The summed E-state index contributed by atoms with van der Waals surface area (Å²) in [6.45, 7) is 0. The number of fused-ring (bicyclic) bond motifs is 1. The summed E-state index contributed by atoms with van der Waals surface area (Å²) in [7, 11) is 1.50. The Bertz CT molecular complexity index is 1330. The molecule has 0 aliphatic rings. The molecule has 0 aliphatic heterocycles. The molecule has 0 aliphatic carbocycles. The zero-order valence-electron chi connectivity index (χ0n) is 17.4. The lowest BCUT2D eigenvalue weighted by molar-refractivity contribution is -0.253. The van der Waals surface area contributed by atoms with Gasteiger partial charge < -0.3 is 20.1 Å². The van der Waals surface area contributed by atoms with Gasteiger partial charge in [-0.15, -0.1) is 0 Å². The molecule has 0 atom stereocenters. The van der Waals surface area contributed by atoms with E-state index in [1.54, 1.807) is 30.3 Å². The zero-order chi connectivity index (χ0) is 24.3. The number of alkyl halides is 4. The number of rotatable bonds is 8. The molecule has 2 heterocycles. The highest BCUT2D eigenvalue weighted by atomic mass is 32.1. The maximum atomic E-state index is 13.2. The summed E-state index contributed by atoms with van der Waals surface area (Å²) < 4.78 is 61.8. The van der Waals surface area contributed by atoms with Gasteiger partial charge in [-0.1, -0.05) is 17.4 Å². The first kappa shape index (κ1) is 23.2. The number of anilines is 2. The van der Waals surface area contributed by atoms with Crippen LogP contribution in [0.1, 0.15) is 10.5 Å². The standard InChI is InChI=1S/C22H16F4N4O3S/c1-27-19(31)17-10-14(7-8-28-17)32-13-5-6-16-18(11-13)34-21(30-16)29-12-3-2-4-15(9-12)33-22(25,26)20(23)24/h2-11,20H,1H3,(H,27,31)(H,29,30). The van der Waals surface area contributed by atoms with Crippen LogP contribution in [-0.2, 0) is 0 Å². The SMILES string of the molecule is CNC(=O)c1cc(Oc2ccc3nc(Nc4cccc(OC(F)(F)C(F)F)c4)sc3c2)ccn1. The summed E-state index contributed by atoms with van der Waals surface area (Å²) in [5.41, 5.74) is 1.19. The largest absolute Gasteiger partial charge is 0.461 e. The first-order chi connectivity index (χ1) is 16.2. The normalized spacial score (nSPS) is 11.5. The van der Waals surface area contributed by atoms with Gasteiger partial charge in [0.05, 0.1) is 10.2 Å². The van der Waals surface area contributed by atoms with Crippen LogP contribution >= 0.6 is 11.3 Å². The molecule has 0 fully saturated rings. The number of hydrogen-bond acceptors (Lipinski definition) is 7. The molecular formula is C22H16F4N4O3S. The highest BCUT2D eigenvalue weighted by Crippen LogP contribution is 2.34. The van der Waals surface area contributed by atoms with Crippen LogP contribution in [0.15, 0.2) is 60.8 Å². The van der Waals surface area contributed by atoms with Gasteiger partial charge in [-0.2, -0.15) is 17.6 Å². The van der Waals surface area contributed by atoms with Crippen LogP contribution in [0.25, 0.3) is 10.2 Å². The highest BCUT2D eigenvalue weighted by Gasteiger charge is 2.44. The van der Waals surface area contributed by atoms with Crippen molar-refractivity contribution in [3.05, 3.63) is 66.5 Å². The number of pyridine rings is 1. The van der Waals surface area contributed by atoms with E-state index >= 15 is 0 Å². The fourth-order valence-corrected chi connectivity index (χ4v) is 3.76. The summed E-state index contributed by atoms with van der Waals surface area (Å²) in [6, 6.07) is 13.6. The van der Waals surface area contributed by atoms with E-state index in [4.69, 9.17) is 4.74 Å². The van der Waals surface area contributed by atoms with Crippen molar-refractivity contribution < 1.29 is 31.8 Å². The molecule has 4 aromatic rings. The number of benzene rings is 2. The lowest BCUT2D eigenvalue weighted by Crippen LogP contribution is -2.33. The number of amides is 1. The van der Waals surface area contributed by atoms with E-state index in [-0.39, 0.29) is 11.6 Å². The molecule has 0 unspecified atom stereocenters. The van der Waals surface area contributed by atoms with E-state index < -0.39 is 18.3 Å². The van der Waals surface area contributed by atoms with Gasteiger partial charge in [0.25, 0.3) is 5.91 Å². The van der Waals surface area contributed by atoms with E-state index in [1.165, 1.54) is 42.8 Å². The van der Waals surface area contributed by atoms with Crippen molar-refractivity contribution in [1.82, 2.24) is 15.3 Å². The van der Waals surface area contributed by atoms with E-state index in [1.807, 2.05) is 0 Å². The second-order valence-corrected chi connectivity index (χ2v) is 7.85. The van der Waals surface area contributed by atoms with Gasteiger partial charge in [0.1, 0.15) is 22.9 Å². The number of ether oxygens (including phenoxy) is 2. The molecule has 2 aromatic heterocycles. The quantitative estimate of drug-likeness (QED) is 0.302. The summed E-state index contributed by atoms with van der Waals surface area (Å²) >= 11 is 1.26. The van der Waals surface area contributed by atoms with E-state index in [0.717, 1.165) is 10.8 Å². The molecule has 2 N–H and O–H groups in total. The molecule has 0 saturated heterocycles. The van der Waals surface area contributed by atoms with Crippen molar-refractivity contribution in [2.24, 2.45) is 0 Å². The lowest BCUT2D eigenvalue weighted by atomic mass is 10.3. The van der Waals surface area contributed by atoms with Gasteiger partial charge in [0.15, 0.2) is 5.13 Å². The Kier molecular flexibility index (Phi) is 6.50. The predicted octanol–water partition coefficient (Wildman–Crippen LogP) is 5.82. The molecule has 0 bridgehead atoms.